The van der Waals surface area contributed by atoms with Crippen molar-refractivity contribution in [2.45, 2.75) is 32.7 Å². The molecule has 1 aliphatic carbocycles. The van der Waals surface area contributed by atoms with Crippen molar-refractivity contribution < 1.29 is 9.59 Å². The summed E-state index contributed by atoms with van der Waals surface area (Å²) in [6.07, 6.45) is 1.95. The molecule has 2 rings (SSSR count). The van der Waals surface area contributed by atoms with Gasteiger partial charge < -0.3 is 10.6 Å². The van der Waals surface area contributed by atoms with E-state index in [1.807, 2.05) is 0 Å². The molecule has 0 aliphatic heterocycles. The second-order valence-corrected chi connectivity index (χ2v) is 6.29. The predicted molar refractivity (Wildman–Crippen MR) is 80.0 cm³/mol. The highest BCUT2D eigenvalue weighted by molar-refractivity contribution is 6.35. The van der Waals surface area contributed by atoms with Crippen LogP contribution in [-0.2, 0) is 9.59 Å². The van der Waals surface area contributed by atoms with Gasteiger partial charge in [-0.25, -0.2) is 0 Å². The van der Waals surface area contributed by atoms with E-state index in [4.69, 9.17) is 23.2 Å². The smallest absolute Gasteiger partial charge is 0.239 e. The molecule has 4 nitrogen and oxygen atoms in total. The fourth-order valence-electron chi connectivity index (χ4n) is 1.57. The number of amides is 2. The Kier molecular flexibility index (Phi) is 4.25. The van der Waals surface area contributed by atoms with Gasteiger partial charge in [-0.3, -0.25) is 9.59 Å². The first-order chi connectivity index (χ1) is 9.30. The summed E-state index contributed by atoms with van der Waals surface area (Å²) in [5.74, 6) is -0.699. The second-order valence-electron chi connectivity index (χ2n) is 5.45. The van der Waals surface area contributed by atoms with Crippen molar-refractivity contribution in [3.63, 3.8) is 0 Å². The molecule has 1 fully saturated rings. The van der Waals surface area contributed by atoms with Gasteiger partial charge in [0.2, 0.25) is 11.8 Å². The van der Waals surface area contributed by atoms with Crippen LogP contribution < -0.4 is 10.6 Å². The van der Waals surface area contributed by atoms with Gasteiger partial charge in [0.05, 0.1) is 10.7 Å². The lowest BCUT2D eigenvalue weighted by atomic mass is 9.91. The number of rotatable bonds is 4. The third-order valence-corrected chi connectivity index (χ3v) is 3.79. The fourth-order valence-corrected chi connectivity index (χ4v) is 1.91. The van der Waals surface area contributed by atoms with Crippen molar-refractivity contribution in [2.75, 3.05) is 5.32 Å². The molecule has 0 heterocycles. The second kappa shape index (κ2) is 5.62. The molecule has 1 aliphatic rings. The van der Waals surface area contributed by atoms with Gasteiger partial charge in [0, 0.05) is 11.1 Å². The molecule has 108 valence electrons. The maximum atomic E-state index is 12.3. The molecular formula is C14H16Cl2N2O2. The number of nitrogens with one attached hydrogen (secondary N) is 2. The molecule has 0 aromatic heterocycles. The molecule has 2 amide bonds. The van der Waals surface area contributed by atoms with E-state index in [2.05, 4.69) is 10.6 Å². The van der Waals surface area contributed by atoms with Crippen molar-refractivity contribution in [3.8, 4) is 0 Å². The zero-order valence-electron chi connectivity index (χ0n) is 11.3. The normalized spacial score (nSPS) is 14.8. The van der Waals surface area contributed by atoms with Crippen molar-refractivity contribution >= 4 is 40.7 Å². The predicted octanol–water partition coefficient (Wildman–Crippen LogP) is 3.24. The van der Waals surface area contributed by atoms with E-state index in [0.29, 0.717) is 15.7 Å². The van der Waals surface area contributed by atoms with E-state index < -0.39 is 11.3 Å². The number of hydrogen-bond acceptors (Lipinski definition) is 2. The zero-order valence-corrected chi connectivity index (χ0v) is 12.8. The van der Waals surface area contributed by atoms with Gasteiger partial charge in [0.25, 0.3) is 0 Å². The molecule has 20 heavy (non-hydrogen) atoms. The molecule has 6 heteroatoms. The molecule has 1 aromatic rings. The lowest BCUT2D eigenvalue weighted by Crippen LogP contribution is -2.45. The van der Waals surface area contributed by atoms with Crippen LogP contribution in [0.5, 0.6) is 0 Å². The minimum Gasteiger partial charge on any atom is -0.352 e. The molecule has 2 N–H and O–H groups in total. The van der Waals surface area contributed by atoms with Gasteiger partial charge in [0.15, 0.2) is 0 Å². The number of carbonyl (C=O) groups excluding carboxylic acids is 2. The van der Waals surface area contributed by atoms with Gasteiger partial charge in [-0.05, 0) is 44.9 Å². The third kappa shape index (κ3) is 3.44. The summed E-state index contributed by atoms with van der Waals surface area (Å²) in [7, 11) is 0. The quantitative estimate of drug-likeness (QED) is 0.838. The first-order valence-electron chi connectivity index (χ1n) is 6.38. The minimum atomic E-state index is -1.17. The Hall–Kier alpha value is -1.26. The molecular weight excluding hydrogens is 299 g/mol. The minimum absolute atomic E-state index is 0.212. The first kappa shape index (κ1) is 15.1. The van der Waals surface area contributed by atoms with Crippen LogP contribution in [-0.4, -0.2) is 17.9 Å². The Morgan fingerprint density at radius 2 is 1.85 bits per heavy atom. The highest BCUT2D eigenvalue weighted by Gasteiger charge is 2.38. The Balaban J connectivity index is 2.09. The molecule has 0 spiro atoms. The zero-order chi connectivity index (χ0) is 14.9. The number of halogens is 2. The number of benzene rings is 1. The summed E-state index contributed by atoms with van der Waals surface area (Å²) in [5, 5.41) is 6.32. The monoisotopic (exact) mass is 314 g/mol. The van der Waals surface area contributed by atoms with Crippen LogP contribution in [0, 0.1) is 5.41 Å². The average Bonchev–Trinajstić information content (AvgIpc) is 3.17. The largest absolute Gasteiger partial charge is 0.352 e. The number of carbonyl (C=O) groups is 2. The van der Waals surface area contributed by atoms with E-state index in [9.17, 15) is 9.59 Å². The van der Waals surface area contributed by atoms with E-state index in [0.717, 1.165) is 12.8 Å². The third-order valence-electron chi connectivity index (χ3n) is 3.22. The summed E-state index contributed by atoms with van der Waals surface area (Å²) in [6, 6.07) is 4.99. The molecule has 1 saturated carbocycles. The van der Waals surface area contributed by atoms with Gasteiger partial charge in [0.1, 0.15) is 5.41 Å². The summed E-state index contributed by atoms with van der Waals surface area (Å²) in [5.41, 5.74) is -0.773. The lowest BCUT2D eigenvalue weighted by molar-refractivity contribution is -0.138. The average molecular weight is 315 g/mol. The van der Waals surface area contributed by atoms with Crippen LogP contribution in [0.25, 0.3) is 0 Å². The Bertz CT molecular complexity index is 554. The number of hydrogen-bond donors (Lipinski definition) is 2. The van der Waals surface area contributed by atoms with Crippen molar-refractivity contribution in [2.24, 2.45) is 5.41 Å². The Labute approximate surface area is 127 Å². The topological polar surface area (TPSA) is 58.2 Å². The standard InChI is InChI=1S/C14H16Cl2N2O2/c1-14(2,12(19)17-9-4-5-9)13(20)18-11-7-8(15)3-6-10(11)16/h3,6-7,9H,4-5H2,1-2H3,(H,17,19)(H,18,20). The lowest BCUT2D eigenvalue weighted by Gasteiger charge is -2.23. The van der Waals surface area contributed by atoms with Crippen LogP contribution in [0.4, 0.5) is 5.69 Å². The Morgan fingerprint density at radius 1 is 1.20 bits per heavy atom. The van der Waals surface area contributed by atoms with Crippen molar-refractivity contribution in [3.05, 3.63) is 28.2 Å². The summed E-state index contributed by atoms with van der Waals surface area (Å²) in [4.78, 5) is 24.3. The molecule has 0 saturated heterocycles. The highest BCUT2D eigenvalue weighted by atomic mass is 35.5. The van der Waals surface area contributed by atoms with Crippen molar-refractivity contribution in [1.82, 2.24) is 5.32 Å². The van der Waals surface area contributed by atoms with Crippen LogP contribution in [0.2, 0.25) is 10.0 Å². The molecule has 0 atom stereocenters. The van der Waals surface area contributed by atoms with Crippen LogP contribution in [0.15, 0.2) is 18.2 Å². The van der Waals surface area contributed by atoms with Crippen LogP contribution in [0.3, 0.4) is 0 Å². The van der Waals surface area contributed by atoms with E-state index in [-0.39, 0.29) is 11.9 Å². The fraction of sp³-hybridized carbons (Fsp3) is 0.429. The number of anilines is 1. The van der Waals surface area contributed by atoms with Crippen molar-refractivity contribution in [1.29, 1.82) is 0 Å². The Morgan fingerprint density at radius 3 is 2.45 bits per heavy atom. The van der Waals surface area contributed by atoms with Gasteiger partial charge in [-0.2, -0.15) is 0 Å². The molecule has 1 aromatic carbocycles. The van der Waals surface area contributed by atoms with Gasteiger partial charge >= 0.3 is 0 Å². The maximum Gasteiger partial charge on any atom is 0.239 e. The van der Waals surface area contributed by atoms with E-state index >= 15 is 0 Å². The highest BCUT2D eigenvalue weighted by Crippen LogP contribution is 2.28. The SMILES string of the molecule is CC(C)(C(=O)Nc1cc(Cl)ccc1Cl)C(=O)NC1CC1. The van der Waals surface area contributed by atoms with Gasteiger partial charge in [-0.15, -0.1) is 0 Å². The summed E-state index contributed by atoms with van der Waals surface area (Å²) < 4.78 is 0. The molecule has 0 bridgehead atoms. The molecule has 0 unspecified atom stereocenters. The first-order valence-corrected chi connectivity index (χ1v) is 7.14. The maximum absolute atomic E-state index is 12.3. The summed E-state index contributed by atoms with van der Waals surface area (Å²) in [6.45, 7) is 3.16. The van der Waals surface area contributed by atoms with Gasteiger partial charge in [-0.1, -0.05) is 23.2 Å². The molecule has 0 radical (unpaired) electrons. The van der Waals surface area contributed by atoms with Crippen LogP contribution in [0.1, 0.15) is 26.7 Å². The van der Waals surface area contributed by atoms with Crippen LogP contribution >= 0.6 is 23.2 Å². The van der Waals surface area contributed by atoms with E-state index in [1.165, 1.54) is 0 Å². The van der Waals surface area contributed by atoms with E-state index in [1.54, 1.807) is 32.0 Å². The summed E-state index contributed by atoms with van der Waals surface area (Å²) >= 11 is 11.9.